The molecule has 0 amide bonds. The first kappa shape index (κ1) is 13.2. The van der Waals surface area contributed by atoms with Gasteiger partial charge >= 0.3 is 5.97 Å². The molecule has 6 nitrogen and oxygen atoms in total. The number of carboxylic acids is 1. The van der Waals surface area contributed by atoms with Gasteiger partial charge in [0.1, 0.15) is 6.10 Å². The summed E-state index contributed by atoms with van der Waals surface area (Å²) in [6, 6.07) is 3.62. The second-order valence-electron chi connectivity index (χ2n) is 4.48. The number of carbonyl (C=O) groups is 1. The topological polar surface area (TPSA) is 88.1 Å². The van der Waals surface area contributed by atoms with Gasteiger partial charge in [-0.3, -0.25) is 0 Å². The van der Waals surface area contributed by atoms with E-state index in [1.807, 2.05) is 12.1 Å². The first-order valence-electron chi connectivity index (χ1n) is 5.82. The van der Waals surface area contributed by atoms with Gasteiger partial charge in [-0.25, -0.2) is 9.89 Å². The molecule has 2 N–H and O–H groups in total. The Hall–Kier alpha value is -1.79. The molecule has 0 fully saturated rings. The summed E-state index contributed by atoms with van der Waals surface area (Å²) >= 11 is 11.9. The highest BCUT2D eigenvalue weighted by atomic mass is 35.5. The molecule has 0 spiro atoms. The van der Waals surface area contributed by atoms with Crippen LogP contribution in [0.15, 0.2) is 12.1 Å². The van der Waals surface area contributed by atoms with Crippen LogP contribution in [0, 0.1) is 0 Å². The highest BCUT2D eigenvalue weighted by Gasteiger charge is 2.27. The number of aromatic carboxylic acids is 1. The third-order valence-electron chi connectivity index (χ3n) is 3.15. The van der Waals surface area contributed by atoms with Crippen LogP contribution in [-0.4, -0.2) is 32.6 Å². The fraction of sp³-hybridized carbons (Fsp3) is 0.250. The molecule has 1 aromatic heterocycles. The summed E-state index contributed by atoms with van der Waals surface area (Å²) in [7, 11) is 0. The highest BCUT2D eigenvalue weighted by molar-refractivity contribution is 6.42. The number of hydrogen-bond donors (Lipinski definition) is 2. The monoisotopic (exact) mass is 313 g/mol. The summed E-state index contributed by atoms with van der Waals surface area (Å²) in [5.41, 5.74) is 1.94. The Labute approximate surface area is 123 Å². The maximum Gasteiger partial charge on any atom is 0.359 e. The highest BCUT2D eigenvalue weighted by Crippen LogP contribution is 2.32. The molecule has 1 heterocycles. The molecule has 0 aliphatic heterocycles. The van der Waals surface area contributed by atoms with Crippen molar-refractivity contribution in [1.82, 2.24) is 15.4 Å². The van der Waals surface area contributed by atoms with Crippen LogP contribution in [-0.2, 0) is 12.8 Å². The van der Waals surface area contributed by atoms with Gasteiger partial charge < -0.3 is 9.84 Å². The summed E-state index contributed by atoms with van der Waals surface area (Å²) < 4.78 is 5.60. The second kappa shape index (κ2) is 4.96. The van der Waals surface area contributed by atoms with Gasteiger partial charge in [-0.1, -0.05) is 33.5 Å². The molecule has 0 atom stereocenters. The van der Waals surface area contributed by atoms with Crippen LogP contribution in [0.3, 0.4) is 0 Å². The number of hydrogen-bond acceptors (Lipinski definition) is 4. The molecule has 8 heteroatoms. The Kier molecular flexibility index (Phi) is 3.27. The molecule has 1 aliphatic carbocycles. The number of nitrogens with zero attached hydrogens (tertiary/aromatic N) is 2. The van der Waals surface area contributed by atoms with Crippen LogP contribution in [0.5, 0.6) is 5.88 Å². The van der Waals surface area contributed by atoms with Gasteiger partial charge in [0.05, 0.1) is 10.0 Å². The first-order chi connectivity index (χ1) is 9.54. The van der Waals surface area contributed by atoms with Crippen molar-refractivity contribution in [3.05, 3.63) is 39.0 Å². The maximum atomic E-state index is 10.9. The van der Waals surface area contributed by atoms with Crippen LogP contribution < -0.4 is 4.74 Å². The van der Waals surface area contributed by atoms with Crippen molar-refractivity contribution in [2.24, 2.45) is 0 Å². The minimum Gasteiger partial charge on any atom is -0.476 e. The SMILES string of the molecule is O=C(O)c1[nH]nnc1OC1Cc2cc(Cl)c(Cl)cc2C1. The zero-order valence-electron chi connectivity index (χ0n) is 10.1. The Morgan fingerprint density at radius 1 is 1.30 bits per heavy atom. The molecule has 0 radical (unpaired) electrons. The van der Waals surface area contributed by atoms with Crippen molar-refractivity contribution < 1.29 is 14.6 Å². The molecule has 104 valence electrons. The van der Waals surface area contributed by atoms with Crippen LogP contribution in [0.2, 0.25) is 10.0 Å². The van der Waals surface area contributed by atoms with E-state index in [-0.39, 0.29) is 17.7 Å². The third kappa shape index (κ3) is 2.32. The first-order valence-corrected chi connectivity index (χ1v) is 6.58. The zero-order chi connectivity index (χ0) is 14.3. The van der Waals surface area contributed by atoms with E-state index in [4.69, 9.17) is 33.0 Å². The van der Waals surface area contributed by atoms with Crippen molar-refractivity contribution in [3.8, 4) is 5.88 Å². The van der Waals surface area contributed by atoms with E-state index in [1.165, 1.54) is 0 Å². The zero-order valence-corrected chi connectivity index (χ0v) is 11.6. The number of carboxylic acid groups (broad SMARTS) is 1. The number of benzene rings is 1. The number of nitrogens with one attached hydrogen (secondary N) is 1. The van der Waals surface area contributed by atoms with E-state index < -0.39 is 5.97 Å². The third-order valence-corrected chi connectivity index (χ3v) is 3.87. The van der Waals surface area contributed by atoms with Crippen molar-refractivity contribution in [2.75, 3.05) is 0 Å². The van der Waals surface area contributed by atoms with E-state index in [0.717, 1.165) is 11.1 Å². The summed E-state index contributed by atoms with van der Waals surface area (Å²) in [6.45, 7) is 0. The van der Waals surface area contributed by atoms with Gasteiger partial charge in [0.15, 0.2) is 0 Å². The second-order valence-corrected chi connectivity index (χ2v) is 5.29. The molecule has 0 saturated carbocycles. The smallest absolute Gasteiger partial charge is 0.359 e. The minimum atomic E-state index is -1.16. The Bertz CT molecular complexity index is 656. The van der Waals surface area contributed by atoms with E-state index in [0.29, 0.717) is 22.9 Å². The summed E-state index contributed by atoms with van der Waals surface area (Å²) in [4.78, 5) is 10.9. The van der Waals surface area contributed by atoms with Crippen molar-refractivity contribution in [2.45, 2.75) is 18.9 Å². The number of H-pyrrole nitrogens is 1. The van der Waals surface area contributed by atoms with Gasteiger partial charge in [0.25, 0.3) is 5.88 Å². The number of fused-ring (bicyclic) bond motifs is 1. The summed E-state index contributed by atoms with van der Waals surface area (Å²) in [6.07, 6.45) is 1.04. The standard InChI is InChI=1S/C12H9Cl2N3O3/c13-8-3-5-1-7(2-6(5)4-9(8)14)20-11-10(12(18)19)15-17-16-11/h3-4,7H,1-2H2,(H,18,19)(H,15,16,17). The maximum absolute atomic E-state index is 10.9. The lowest BCUT2D eigenvalue weighted by Gasteiger charge is -2.10. The molecule has 1 aliphatic rings. The van der Waals surface area contributed by atoms with E-state index in [1.54, 1.807) is 0 Å². The number of ether oxygens (including phenoxy) is 1. The number of rotatable bonds is 3. The quantitative estimate of drug-likeness (QED) is 0.908. The Morgan fingerprint density at radius 3 is 2.45 bits per heavy atom. The van der Waals surface area contributed by atoms with Gasteiger partial charge in [0, 0.05) is 12.8 Å². The van der Waals surface area contributed by atoms with Gasteiger partial charge in [-0.05, 0) is 23.3 Å². The van der Waals surface area contributed by atoms with Crippen LogP contribution in [0.25, 0.3) is 0 Å². The van der Waals surface area contributed by atoms with Gasteiger partial charge in [-0.15, -0.1) is 0 Å². The molecule has 1 aromatic carbocycles. The van der Waals surface area contributed by atoms with Gasteiger partial charge in [-0.2, -0.15) is 0 Å². The normalized spacial score (nSPS) is 14.3. The number of aromatic nitrogens is 3. The fourth-order valence-electron chi connectivity index (χ4n) is 2.25. The Morgan fingerprint density at radius 2 is 1.90 bits per heavy atom. The van der Waals surface area contributed by atoms with Crippen LogP contribution >= 0.6 is 23.2 Å². The Balaban J connectivity index is 1.79. The van der Waals surface area contributed by atoms with Crippen molar-refractivity contribution in [1.29, 1.82) is 0 Å². The number of aromatic amines is 1. The average Bonchev–Trinajstić information content (AvgIpc) is 2.97. The molecule has 20 heavy (non-hydrogen) atoms. The molecule has 2 aromatic rings. The van der Waals surface area contributed by atoms with Crippen LogP contribution in [0.4, 0.5) is 0 Å². The summed E-state index contributed by atoms with van der Waals surface area (Å²) in [5, 5.41) is 19.3. The minimum absolute atomic E-state index is 0.00694. The lowest BCUT2D eigenvalue weighted by atomic mass is 10.1. The van der Waals surface area contributed by atoms with Crippen molar-refractivity contribution >= 4 is 29.2 Å². The van der Waals surface area contributed by atoms with Crippen LogP contribution in [0.1, 0.15) is 21.6 Å². The fourth-order valence-corrected chi connectivity index (χ4v) is 2.63. The molecular formula is C12H9Cl2N3O3. The molecule has 3 rings (SSSR count). The van der Waals surface area contributed by atoms with Crippen molar-refractivity contribution in [3.63, 3.8) is 0 Å². The lowest BCUT2D eigenvalue weighted by Crippen LogP contribution is -2.18. The van der Waals surface area contributed by atoms with E-state index in [9.17, 15) is 4.79 Å². The molecule has 0 saturated heterocycles. The number of halogens is 2. The largest absolute Gasteiger partial charge is 0.476 e. The molecule has 0 unspecified atom stereocenters. The van der Waals surface area contributed by atoms with E-state index >= 15 is 0 Å². The lowest BCUT2D eigenvalue weighted by molar-refractivity contribution is 0.0682. The predicted molar refractivity (Wildman–Crippen MR) is 71.6 cm³/mol. The summed E-state index contributed by atoms with van der Waals surface area (Å²) in [5.74, 6) is -1.17. The van der Waals surface area contributed by atoms with E-state index in [2.05, 4.69) is 15.4 Å². The molecule has 0 bridgehead atoms. The molecular weight excluding hydrogens is 305 g/mol. The average molecular weight is 314 g/mol. The predicted octanol–water partition coefficient (Wildman–Crippen LogP) is 2.36. The van der Waals surface area contributed by atoms with Gasteiger partial charge in [0.2, 0.25) is 5.69 Å².